The normalized spacial score (nSPS) is 14.8. The summed E-state index contributed by atoms with van der Waals surface area (Å²) in [5.74, 6) is -0.690. The molecular weight excluding hydrogens is 354 g/mol. The first-order valence-corrected chi connectivity index (χ1v) is 9.32. The first-order chi connectivity index (χ1) is 13.3. The number of fused-ring (bicyclic) bond motifs is 2. The summed E-state index contributed by atoms with van der Waals surface area (Å²) in [7, 11) is 5.54. The van der Waals surface area contributed by atoms with Gasteiger partial charge in [0.15, 0.2) is 0 Å². The first kappa shape index (κ1) is 18.2. The number of hydrogen-bond acceptors (Lipinski definition) is 3. The maximum absolute atomic E-state index is 13.7. The van der Waals surface area contributed by atoms with E-state index in [9.17, 15) is 14.7 Å². The molecule has 1 amide bonds. The molecule has 0 radical (unpaired) electrons. The number of benzene rings is 2. The van der Waals surface area contributed by atoms with Gasteiger partial charge in [0.05, 0.1) is 26.6 Å². The molecule has 1 aliphatic carbocycles. The summed E-state index contributed by atoms with van der Waals surface area (Å²) in [6, 6.07) is 15.7. The summed E-state index contributed by atoms with van der Waals surface area (Å²) in [4.78, 5) is 26.8. The Morgan fingerprint density at radius 1 is 1.11 bits per heavy atom. The predicted molar refractivity (Wildman–Crippen MR) is 103 cm³/mol. The molecule has 0 unspecified atom stereocenters. The Morgan fingerprint density at radius 3 is 2.25 bits per heavy atom. The summed E-state index contributed by atoms with van der Waals surface area (Å²) < 4.78 is 3.92. The number of hydrogen-bond donors (Lipinski definition) is 0. The van der Waals surface area contributed by atoms with E-state index in [4.69, 9.17) is 0 Å². The lowest BCUT2D eigenvalue weighted by Gasteiger charge is -2.29. The fraction of sp³-hybridized carbons (Fsp3) is 0.318. The maximum atomic E-state index is 13.7. The van der Waals surface area contributed by atoms with Gasteiger partial charge in [-0.3, -0.25) is 4.79 Å². The van der Waals surface area contributed by atoms with Gasteiger partial charge in [-0.15, -0.1) is 0 Å². The third-order valence-electron chi connectivity index (χ3n) is 5.92. The summed E-state index contributed by atoms with van der Waals surface area (Å²) in [6.07, 6.45) is 0.528. The number of carbonyl (C=O) groups excluding carboxylic acids is 2. The number of carboxylic acids is 1. The zero-order valence-corrected chi connectivity index (χ0v) is 16.3. The molecule has 4 rings (SSSR count). The van der Waals surface area contributed by atoms with E-state index in [2.05, 4.69) is 0 Å². The summed E-state index contributed by atoms with van der Waals surface area (Å²) in [6.45, 7) is 0. The molecule has 0 saturated heterocycles. The number of aromatic nitrogens is 2. The molecular formula is C22H23N3O3. The molecule has 2 aromatic carbocycles. The molecule has 0 aliphatic heterocycles. The fourth-order valence-corrected chi connectivity index (χ4v) is 4.69. The van der Waals surface area contributed by atoms with Gasteiger partial charge in [-0.1, -0.05) is 36.4 Å². The molecule has 6 heteroatoms. The number of para-hydroxylation sites is 2. The van der Waals surface area contributed by atoms with Crippen molar-refractivity contribution in [1.29, 1.82) is 0 Å². The van der Waals surface area contributed by atoms with Gasteiger partial charge >= 0.3 is 5.95 Å². The number of aryl methyl sites for hydroxylation is 2. The van der Waals surface area contributed by atoms with Gasteiger partial charge in [0.25, 0.3) is 5.91 Å². The third-order valence-corrected chi connectivity index (χ3v) is 5.92. The van der Waals surface area contributed by atoms with Crippen molar-refractivity contribution in [3.05, 3.63) is 59.7 Å². The molecule has 0 saturated carbocycles. The summed E-state index contributed by atoms with van der Waals surface area (Å²) in [5, 5.41) is 11.6. The minimum absolute atomic E-state index is 0.200. The molecule has 0 bridgehead atoms. The van der Waals surface area contributed by atoms with Gasteiger partial charge in [0.1, 0.15) is 11.0 Å². The van der Waals surface area contributed by atoms with Gasteiger partial charge in [-0.25, -0.2) is 14.0 Å². The van der Waals surface area contributed by atoms with Crippen molar-refractivity contribution in [3.63, 3.8) is 0 Å². The number of aliphatic carboxylic acids is 1. The number of imidazole rings is 1. The van der Waals surface area contributed by atoms with Crippen LogP contribution in [-0.4, -0.2) is 23.5 Å². The number of carbonyl (C=O) groups is 2. The Hall–Kier alpha value is -3.15. The van der Waals surface area contributed by atoms with Crippen molar-refractivity contribution < 1.29 is 19.3 Å². The number of anilines is 1. The number of nitrogens with zero attached hydrogens (tertiary/aromatic N) is 3. The first-order valence-electron chi connectivity index (χ1n) is 9.32. The van der Waals surface area contributed by atoms with Gasteiger partial charge in [0, 0.05) is 12.4 Å². The van der Waals surface area contributed by atoms with E-state index < -0.39 is 11.4 Å². The topological polar surface area (TPSA) is 69.2 Å². The van der Waals surface area contributed by atoms with E-state index in [1.807, 2.05) is 71.8 Å². The lowest BCUT2D eigenvalue weighted by molar-refractivity contribution is -0.632. The molecule has 0 fully saturated rings. The smallest absolute Gasteiger partial charge is 0.367 e. The molecule has 144 valence electrons. The molecule has 0 spiro atoms. The zero-order valence-electron chi connectivity index (χ0n) is 16.3. The highest BCUT2D eigenvalue weighted by atomic mass is 16.4. The highest BCUT2D eigenvalue weighted by Gasteiger charge is 2.48. The number of amides is 1. The summed E-state index contributed by atoms with van der Waals surface area (Å²) >= 11 is 0. The van der Waals surface area contributed by atoms with Crippen molar-refractivity contribution in [2.75, 3.05) is 11.9 Å². The van der Waals surface area contributed by atoms with Crippen LogP contribution in [0.4, 0.5) is 5.95 Å². The van der Waals surface area contributed by atoms with Crippen LogP contribution < -0.4 is 14.6 Å². The minimum Gasteiger partial charge on any atom is -0.550 e. The van der Waals surface area contributed by atoms with Crippen LogP contribution in [-0.2, 0) is 36.5 Å². The monoisotopic (exact) mass is 377 g/mol. The van der Waals surface area contributed by atoms with E-state index in [-0.39, 0.29) is 12.3 Å². The van der Waals surface area contributed by atoms with Gasteiger partial charge in [0.2, 0.25) is 0 Å². The van der Waals surface area contributed by atoms with Crippen LogP contribution in [0.15, 0.2) is 48.5 Å². The molecule has 28 heavy (non-hydrogen) atoms. The largest absolute Gasteiger partial charge is 0.550 e. The van der Waals surface area contributed by atoms with Crippen LogP contribution in [0, 0.1) is 5.41 Å². The van der Waals surface area contributed by atoms with Crippen molar-refractivity contribution >= 4 is 28.9 Å². The van der Waals surface area contributed by atoms with E-state index in [0.29, 0.717) is 18.8 Å². The highest BCUT2D eigenvalue weighted by Crippen LogP contribution is 2.41. The molecule has 1 aliphatic rings. The summed E-state index contributed by atoms with van der Waals surface area (Å²) in [5.41, 5.74) is 3.05. The Kier molecular flexibility index (Phi) is 4.22. The van der Waals surface area contributed by atoms with Crippen molar-refractivity contribution in [3.8, 4) is 0 Å². The molecule has 0 N–H and O–H groups in total. The molecule has 6 nitrogen and oxygen atoms in total. The number of carboxylic acid groups (broad SMARTS) is 1. The predicted octanol–water partition coefficient (Wildman–Crippen LogP) is 0.891. The van der Waals surface area contributed by atoms with Crippen LogP contribution in [0.5, 0.6) is 0 Å². The SMILES string of the molecule is CN(C(=O)C1(CC(=O)[O-])Cc2ccccc2C1)c1n(C)c2ccccc2[n+]1C. The van der Waals surface area contributed by atoms with Gasteiger partial charge in [-0.05, 0) is 36.1 Å². The number of rotatable bonds is 4. The second-order valence-corrected chi connectivity index (χ2v) is 7.72. The quantitative estimate of drug-likeness (QED) is 0.634. The Morgan fingerprint density at radius 2 is 1.68 bits per heavy atom. The van der Waals surface area contributed by atoms with Gasteiger partial charge < -0.3 is 9.90 Å². The van der Waals surface area contributed by atoms with Crippen LogP contribution in [0.2, 0.25) is 0 Å². The fourth-order valence-electron chi connectivity index (χ4n) is 4.69. The van der Waals surface area contributed by atoms with Crippen LogP contribution in [0.3, 0.4) is 0 Å². The third kappa shape index (κ3) is 2.68. The van der Waals surface area contributed by atoms with Crippen LogP contribution >= 0.6 is 0 Å². The minimum atomic E-state index is -1.20. The Labute approximate surface area is 163 Å². The van der Waals surface area contributed by atoms with Crippen LogP contribution in [0.25, 0.3) is 11.0 Å². The average molecular weight is 377 g/mol. The van der Waals surface area contributed by atoms with Gasteiger partial charge in [-0.2, -0.15) is 0 Å². The van der Waals surface area contributed by atoms with Crippen LogP contribution in [0.1, 0.15) is 17.5 Å². The van der Waals surface area contributed by atoms with Crippen molar-refractivity contribution in [2.24, 2.45) is 19.5 Å². The van der Waals surface area contributed by atoms with E-state index >= 15 is 0 Å². The highest BCUT2D eigenvalue weighted by molar-refractivity contribution is 5.99. The maximum Gasteiger partial charge on any atom is 0.367 e. The molecule has 0 atom stereocenters. The molecule has 1 aromatic heterocycles. The standard InChI is InChI=1S/C22H23N3O3/c1-23-17-10-6-7-11-18(17)24(2)21(23)25(3)20(28)22(14-19(26)27)12-15-8-4-5-9-16(15)13-22/h4-11H,12-14H2,1-3H3. The van der Waals surface area contributed by atoms with Crippen molar-refractivity contribution in [1.82, 2.24) is 4.57 Å². The van der Waals surface area contributed by atoms with E-state index in [1.165, 1.54) is 0 Å². The van der Waals surface area contributed by atoms with E-state index in [1.54, 1.807) is 11.9 Å². The zero-order chi connectivity index (χ0) is 20.1. The molecule has 3 aromatic rings. The lowest BCUT2D eigenvalue weighted by Crippen LogP contribution is -2.50. The lowest BCUT2D eigenvalue weighted by atomic mass is 9.80. The van der Waals surface area contributed by atoms with E-state index in [0.717, 1.165) is 22.2 Å². The Balaban J connectivity index is 1.78. The molecule has 1 heterocycles. The average Bonchev–Trinajstić information content (AvgIpc) is 3.16. The van der Waals surface area contributed by atoms with Crippen molar-refractivity contribution in [2.45, 2.75) is 19.3 Å². The second-order valence-electron chi connectivity index (χ2n) is 7.72. The Bertz CT molecular complexity index is 1040. The second kappa shape index (κ2) is 6.48.